The lowest BCUT2D eigenvalue weighted by molar-refractivity contribution is 0.0408. The van der Waals surface area contributed by atoms with Crippen LogP contribution in [0.15, 0.2) is 0 Å². The quantitative estimate of drug-likeness (QED) is 0.447. The predicted molar refractivity (Wildman–Crippen MR) is 31.9 cm³/mol. The Balaban J connectivity index is 2.33. The third-order valence-corrected chi connectivity index (χ3v) is 1.23. The van der Waals surface area contributed by atoms with Crippen molar-refractivity contribution >= 4 is 0 Å². The Morgan fingerprint density at radius 3 is 2.50 bits per heavy atom. The summed E-state index contributed by atoms with van der Waals surface area (Å²) in [5.74, 6) is 0. The Kier molecular flexibility index (Phi) is 1.54. The first kappa shape index (κ1) is 6.05. The number of ether oxygens (including phenoxy) is 1. The van der Waals surface area contributed by atoms with Gasteiger partial charge < -0.3 is 4.74 Å². The van der Waals surface area contributed by atoms with Crippen LogP contribution < -0.4 is 5.32 Å². The monoisotopic (exact) mass is 114 g/mol. The van der Waals surface area contributed by atoms with Crippen molar-refractivity contribution in [2.24, 2.45) is 0 Å². The minimum Gasteiger partial charge on any atom is -0.378 e. The molecule has 1 fully saturated rings. The molecule has 0 atom stereocenters. The highest BCUT2D eigenvalue weighted by atomic mass is 16.5. The van der Waals surface area contributed by atoms with Crippen LogP contribution in [-0.4, -0.2) is 25.3 Å². The zero-order valence-corrected chi connectivity index (χ0v) is 5.48. The SMILES string of the molecule is CC1(C)COCC[N]1. The molecule has 2 heteroatoms. The second-order valence-electron chi connectivity index (χ2n) is 2.75. The van der Waals surface area contributed by atoms with Crippen molar-refractivity contribution in [2.75, 3.05) is 19.8 Å². The fraction of sp³-hybridized carbons (Fsp3) is 1.00. The lowest BCUT2D eigenvalue weighted by Crippen LogP contribution is -2.44. The van der Waals surface area contributed by atoms with Crippen molar-refractivity contribution in [1.82, 2.24) is 5.32 Å². The van der Waals surface area contributed by atoms with Crippen LogP contribution in [0.5, 0.6) is 0 Å². The van der Waals surface area contributed by atoms with E-state index in [1.165, 1.54) is 0 Å². The van der Waals surface area contributed by atoms with Gasteiger partial charge in [0.2, 0.25) is 0 Å². The summed E-state index contributed by atoms with van der Waals surface area (Å²) < 4.78 is 5.19. The van der Waals surface area contributed by atoms with Gasteiger partial charge in [-0.1, -0.05) is 0 Å². The zero-order chi connectivity index (χ0) is 6.04. The van der Waals surface area contributed by atoms with Gasteiger partial charge in [0.05, 0.1) is 18.8 Å². The molecule has 1 radical (unpaired) electrons. The maximum Gasteiger partial charge on any atom is 0.0659 e. The van der Waals surface area contributed by atoms with Gasteiger partial charge in [-0.2, -0.15) is 0 Å². The molecule has 0 unspecified atom stereocenters. The molecule has 2 nitrogen and oxygen atoms in total. The van der Waals surface area contributed by atoms with E-state index in [0.717, 1.165) is 19.8 Å². The zero-order valence-electron chi connectivity index (χ0n) is 5.48. The fourth-order valence-corrected chi connectivity index (χ4v) is 0.780. The molecule has 1 heterocycles. The Morgan fingerprint density at radius 2 is 2.25 bits per heavy atom. The van der Waals surface area contributed by atoms with E-state index in [9.17, 15) is 0 Å². The summed E-state index contributed by atoms with van der Waals surface area (Å²) >= 11 is 0. The number of nitrogens with zero attached hydrogens (tertiary/aromatic N) is 1. The molecule has 8 heavy (non-hydrogen) atoms. The van der Waals surface area contributed by atoms with Crippen LogP contribution in [0.2, 0.25) is 0 Å². The maximum absolute atomic E-state index is 5.19. The lowest BCUT2D eigenvalue weighted by atomic mass is 10.1. The van der Waals surface area contributed by atoms with Gasteiger partial charge in [0.25, 0.3) is 0 Å². The average Bonchev–Trinajstić information content (AvgIpc) is 1.65. The molecule has 0 saturated carbocycles. The van der Waals surface area contributed by atoms with Gasteiger partial charge in [-0.05, 0) is 13.8 Å². The highest BCUT2D eigenvalue weighted by Gasteiger charge is 2.21. The smallest absolute Gasteiger partial charge is 0.0659 e. The second kappa shape index (κ2) is 2.03. The van der Waals surface area contributed by atoms with E-state index in [0.29, 0.717) is 0 Å². The van der Waals surface area contributed by atoms with Crippen LogP contribution in [0.4, 0.5) is 0 Å². The lowest BCUT2D eigenvalue weighted by Gasteiger charge is -2.28. The summed E-state index contributed by atoms with van der Waals surface area (Å²) in [7, 11) is 0. The Hall–Kier alpha value is -0.0800. The van der Waals surface area contributed by atoms with E-state index in [2.05, 4.69) is 19.2 Å². The molecule has 0 N–H and O–H groups in total. The van der Waals surface area contributed by atoms with Gasteiger partial charge in [0.15, 0.2) is 0 Å². The van der Waals surface area contributed by atoms with Crippen LogP contribution >= 0.6 is 0 Å². The molecule has 0 amide bonds. The third-order valence-electron chi connectivity index (χ3n) is 1.23. The topological polar surface area (TPSA) is 23.3 Å². The van der Waals surface area contributed by atoms with Gasteiger partial charge in [-0.25, -0.2) is 5.32 Å². The van der Waals surface area contributed by atoms with Gasteiger partial charge >= 0.3 is 0 Å². The largest absolute Gasteiger partial charge is 0.378 e. The average molecular weight is 114 g/mol. The predicted octanol–water partition coefficient (Wildman–Crippen LogP) is 0.400. The van der Waals surface area contributed by atoms with Crippen LogP contribution in [0, 0.1) is 0 Å². The molecular formula is C6H12NO. The molecule has 47 valence electrons. The van der Waals surface area contributed by atoms with E-state index >= 15 is 0 Å². The van der Waals surface area contributed by atoms with Crippen LogP contribution in [-0.2, 0) is 4.74 Å². The summed E-state index contributed by atoms with van der Waals surface area (Å²) in [6, 6.07) is 0. The number of rotatable bonds is 0. The number of morpholine rings is 1. The van der Waals surface area contributed by atoms with E-state index in [4.69, 9.17) is 4.74 Å². The first-order valence-electron chi connectivity index (χ1n) is 2.97. The van der Waals surface area contributed by atoms with Crippen molar-refractivity contribution < 1.29 is 4.74 Å². The first-order valence-corrected chi connectivity index (χ1v) is 2.97. The molecule has 0 aromatic rings. The summed E-state index contributed by atoms with van der Waals surface area (Å²) in [4.78, 5) is 0. The molecule has 1 aliphatic heterocycles. The minimum atomic E-state index is 0.0816. The third kappa shape index (κ3) is 1.46. The summed E-state index contributed by atoms with van der Waals surface area (Å²) in [6.45, 7) is 6.64. The molecule has 0 spiro atoms. The Morgan fingerprint density at radius 1 is 1.50 bits per heavy atom. The van der Waals surface area contributed by atoms with E-state index in [1.807, 2.05) is 0 Å². The summed E-state index contributed by atoms with van der Waals surface area (Å²) in [5, 5.41) is 4.34. The highest BCUT2D eigenvalue weighted by Crippen LogP contribution is 2.07. The van der Waals surface area contributed by atoms with Crippen LogP contribution in [0.3, 0.4) is 0 Å². The summed E-state index contributed by atoms with van der Waals surface area (Å²) in [6.07, 6.45) is 0. The standard InChI is InChI=1S/C6H12NO/c1-6(2)5-8-4-3-7-6/h3-5H2,1-2H3. The van der Waals surface area contributed by atoms with Crippen LogP contribution in [0.1, 0.15) is 13.8 Å². The molecule has 1 aliphatic rings. The van der Waals surface area contributed by atoms with Crippen molar-refractivity contribution in [1.29, 1.82) is 0 Å². The van der Waals surface area contributed by atoms with Gasteiger partial charge in [0, 0.05) is 6.54 Å². The van der Waals surface area contributed by atoms with Crippen molar-refractivity contribution in [3.63, 3.8) is 0 Å². The van der Waals surface area contributed by atoms with Gasteiger partial charge in [0.1, 0.15) is 0 Å². The van der Waals surface area contributed by atoms with Gasteiger partial charge in [-0.15, -0.1) is 0 Å². The van der Waals surface area contributed by atoms with Crippen molar-refractivity contribution in [3.05, 3.63) is 0 Å². The first-order chi connectivity index (χ1) is 3.71. The molecule has 0 aromatic heterocycles. The van der Waals surface area contributed by atoms with E-state index in [1.54, 1.807) is 0 Å². The van der Waals surface area contributed by atoms with Crippen molar-refractivity contribution in [2.45, 2.75) is 19.4 Å². The normalized spacial score (nSPS) is 27.8. The molecule has 0 aliphatic carbocycles. The Labute approximate surface area is 50.2 Å². The van der Waals surface area contributed by atoms with Crippen LogP contribution in [0.25, 0.3) is 0 Å². The number of hydrogen-bond acceptors (Lipinski definition) is 1. The number of hydrogen-bond donors (Lipinski definition) is 0. The Bertz CT molecular complexity index is 72.6. The van der Waals surface area contributed by atoms with Gasteiger partial charge in [-0.3, -0.25) is 0 Å². The molecule has 1 rings (SSSR count). The molecule has 0 bridgehead atoms. The second-order valence-corrected chi connectivity index (χ2v) is 2.75. The maximum atomic E-state index is 5.19. The molecule has 1 saturated heterocycles. The molecular weight excluding hydrogens is 102 g/mol. The van der Waals surface area contributed by atoms with Crippen molar-refractivity contribution in [3.8, 4) is 0 Å². The summed E-state index contributed by atoms with van der Waals surface area (Å²) in [5.41, 5.74) is 0.0816. The van der Waals surface area contributed by atoms with E-state index < -0.39 is 0 Å². The fourth-order valence-electron chi connectivity index (χ4n) is 0.780. The highest BCUT2D eigenvalue weighted by molar-refractivity contribution is 4.78. The minimum absolute atomic E-state index is 0.0816. The molecule has 0 aromatic carbocycles. The van der Waals surface area contributed by atoms with E-state index in [-0.39, 0.29) is 5.54 Å².